The summed E-state index contributed by atoms with van der Waals surface area (Å²) in [5, 5.41) is 0. The minimum absolute atomic E-state index is 0.447. The van der Waals surface area contributed by atoms with Gasteiger partial charge in [0, 0.05) is 10.5 Å². The lowest BCUT2D eigenvalue weighted by Gasteiger charge is -2.16. The summed E-state index contributed by atoms with van der Waals surface area (Å²) >= 11 is 3.21. The number of halogens is 4. The normalized spacial score (nSPS) is 13.5. The van der Waals surface area contributed by atoms with Crippen LogP contribution >= 0.6 is 15.9 Å². The van der Waals surface area contributed by atoms with Crippen molar-refractivity contribution in [2.45, 2.75) is 25.6 Å². The van der Waals surface area contributed by atoms with Gasteiger partial charge in [-0.1, -0.05) is 21.5 Å². The molecule has 0 saturated heterocycles. The number of hydrogen-bond donors (Lipinski definition) is 1. The van der Waals surface area contributed by atoms with Crippen molar-refractivity contribution in [1.82, 2.24) is 0 Å². The Kier molecular flexibility index (Phi) is 4.38. The van der Waals surface area contributed by atoms with Gasteiger partial charge >= 0.3 is 6.18 Å². The fraction of sp³-hybridized carbons (Fsp3) is 0.333. The van der Waals surface area contributed by atoms with Crippen molar-refractivity contribution < 1.29 is 13.2 Å². The van der Waals surface area contributed by atoms with Crippen LogP contribution in [0.4, 0.5) is 13.2 Å². The summed E-state index contributed by atoms with van der Waals surface area (Å²) in [4.78, 5) is 0. The van der Waals surface area contributed by atoms with Gasteiger partial charge < -0.3 is 5.73 Å². The van der Waals surface area contributed by atoms with Gasteiger partial charge in [-0.05, 0) is 37.1 Å². The van der Waals surface area contributed by atoms with E-state index in [4.69, 9.17) is 5.73 Å². The van der Waals surface area contributed by atoms with Crippen molar-refractivity contribution >= 4 is 15.9 Å². The van der Waals surface area contributed by atoms with E-state index in [1.807, 2.05) is 0 Å². The van der Waals surface area contributed by atoms with Crippen molar-refractivity contribution in [3.8, 4) is 0 Å². The molecule has 0 amide bonds. The summed E-state index contributed by atoms with van der Waals surface area (Å²) in [7, 11) is 0. The van der Waals surface area contributed by atoms with E-state index in [9.17, 15) is 13.2 Å². The zero-order valence-corrected chi connectivity index (χ0v) is 10.9. The van der Waals surface area contributed by atoms with Gasteiger partial charge in [0.15, 0.2) is 0 Å². The van der Waals surface area contributed by atoms with Gasteiger partial charge in [-0.3, -0.25) is 0 Å². The topological polar surface area (TPSA) is 26.0 Å². The summed E-state index contributed by atoms with van der Waals surface area (Å²) in [6.45, 7) is 5.50. The van der Waals surface area contributed by atoms with Crippen LogP contribution in [0.3, 0.4) is 0 Å². The Labute approximate surface area is 107 Å². The Balaban J connectivity index is 3.10. The molecule has 2 N–H and O–H groups in total. The number of alkyl halides is 3. The summed E-state index contributed by atoms with van der Waals surface area (Å²) in [5.41, 5.74) is 6.45. The van der Waals surface area contributed by atoms with Crippen LogP contribution in [0.2, 0.25) is 0 Å². The SMILES string of the molecule is C=C(C)C[C@H](N)c1cc(C(F)(F)F)ccc1Br. The molecule has 0 unspecified atom stereocenters. The number of hydrogen-bond acceptors (Lipinski definition) is 1. The summed E-state index contributed by atoms with van der Waals surface area (Å²) in [6.07, 6.45) is -3.89. The van der Waals surface area contributed by atoms with Crippen molar-refractivity contribution in [3.63, 3.8) is 0 Å². The van der Waals surface area contributed by atoms with Gasteiger partial charge in [-0.15, -0.1) is 6.58 Å². The first-order valence-corrected chi connectivity index (χ1v) is 5.77. The van der Waals surface area contributed by atoms with Crippen LogP contribution in [-0.4, -0.2) is 0 Å². The lowest BCUT2D eigenvalue weighted by atomic mass is 9.99. The maximum atomic E-state index is 12.6. The quantitative estimate of drug-likeness (QED) is 0.821. The van der Waals surface area contributed by atoms with Crippen LogP contribution in [-0.2, 0) is 6.18 Å². The highest BCUT2D eigenvalue weighted by atomic mass is 79.9. The van der Waals surface area contributed by atoms with Crippen molar-refractivity contribution in [2.24, 2.45) is 5.73 Å². The van der Waals surface area contributed by atoms with Crippen LogP contribution in [0.25, 0.3) is 0 Å². The Hall–Kier alpha value is -0.810. The first kappa shape index (κ1) is 14.3. The molecular formula is C12H13BrF3N. The van der Waals surface area contributed by atoms with Gasteiger partial charge in [-0.25, -0.2) is 0 Å². The molecule has 0 aliphatic heterocycles. The molecule has 0 fully saturated rings. The average molecular weight is 308 g/mol. The predicted octanol–water partition coefficient (Wildman–Crippen LogP) is 4.43. The third-order valence-corrected chi connectivity index (χ3v) is 3.01. The summed E-state index contributed by atoms with van der Waals surface area (Å²) < 4.78 is 38.2. The van der Waals surface area contributed by atoms with E-state index in [2.05, 4.69) is 22.5 Å². The smallest absolute Gasteiger partial charge is 0.324 e. The Morgan fingerprint density at radius 2 is 2.06 bits per heavy atom. The second kappa shape index (κ2) is 5.23. The van der Waals surface area contributed by atoms with Crippen LogP contribution in [0.15, 0.2) is 34.8 Å². The summed E-state index contributed by atoms with van der Waals surface area (Å²) in [6, 6.07) is 3.00. The molecule has 0 radical (unpaired) electrons. The highest BCUT2D eigenvalue weighted by Gasteiger charge is 2.31. The van der Waals surface area contributed by atoms with Crippen LogP contribution < -0.4 is 5.73 Å². The fourth-order valence-electron chi connectivity index (χ4n) is 1.49. The molecule has 1 atom stereocenters. The van der Waals surface area contributed by atoms with E-state index in [1.54, 1.807) is 6.92 Å². The molecule has 0 heterocycles. The molecule has 1 aromatic rings. The molecule has 0 spiro atoms. The van der Waals surface area contributed by atoms with E-state index in [0.717, 1.165) is 17.7 Å². The van der Waals surface area contributed by atoms with Gasteiger partial charge in [-0.2, -0.15) is 13.2 Å². The molecule has 17 heavy (non-hydrogen) atoms. The van der Waals surface area contributed by atoms with Crippen LogP contribution in [0, 0.1) is 0 Å². The highest BCUT2D eigenvalue weighted by molar-refractivity contribution is 9.10. The molecule has 1 aromatic carbocycles. The lowest BCUT2D eigenvalue weighted by Crippen LogP contribution is -2.13. The van der Waals surface area contributed by atoms with Crippen LogP contribution in [0.5, 0.6) is 0 Å². The molecule has 94 valence electrons. The van der Waals surface area contributed by atoms with Gasteiger partial charge in [0.05, 0.1) is 5.56 Å². The third-order valence-electron chi connectivity index (χ3n) is 2.29. The van der Waals surface area contributed by atoms with E-state index in [1.165, 1.54) is 6.07 Å². The van der Waals surface area contributed by atoms with Crippen molar-refractivity contribution in [1.29, 1.82) is 0 Å². The number of rotatable bonds is 3. The Morgan fingerprint density at radius 3 is 2.53 bits per heavy atom. The van der Waals surface area contributed by atoms with Gasteiger partial charge in [0.2, 0.25) is 0 Å². The first-order chi connectivity index (χ1) is 7.71. The van der Waals surface area contributed by atoms with E-state index < -0.39 is 17.8 Å². The molecule has 0 aliphatic carbocycles. The fourth-order valence-corrected chi connectivity index (χ4v) is 2.03. The van der Waals surface area contributed by atoms with E-state index in [0.29, 0.717) is 16.5 Å². The third kappa shape index (κ3) is 3.85. The molecule has 1 rings (SSSR count). The lowest BCUT2D eigenvalue weighted by molar-refractivity contribution is -0.137. The maximum Gasteiger partial charge on any atom is 0.416 e. The van der Waals surface area contributed by atoms with Gasteiger partial charge in [0.1, 0.15) is 0 Å². The Morgan fingerprint density at radius 1 is 1.47 bits per heavy atom. The monoisotopic (exact) mass is 307 g/mol. The second-order valence-electron chi connectivity index (χ2n) is 4.00. The molecular weight excluding hydrogens is 295 g/mol. The zero-order valence-electron chi connectivity index (χ0n) is 9.31. The molecule has 0 aromatic heterocycles. The minimum Gasteiger partial charge on any atom is -0.324 e. The number of benzene rings is 1. The second-order valence-corrected chi connectivity index (χ2v) is 4.86. The molecule has 0 bridgehead atoms. The zero-order chi connectivity index (χ0) is 13.2. The maximum absolute atomic E-state index is 12.6. The highest BCUT2D eigenvalue weighted by Crippen LogP contribution is 2.34. The summed E-state index contributed by atoms with van der Waals surface area (Å²) in [5.74, 6) is 0. The largest absolute Gasteiger partial charge is 0.416 e. The average Bonchev–Trinajstić information content (AvgIpc) is 2.15. The standard InChI is InChI=1S/C12H13BrF3N/c1-7(2)5-11(17)9-6-8(12(14,15)16)3-4-10(9)13/h3-4,6,11H,1,5,17H2,2H3/t11-/m0/s1. The number of nitrogens with two attached hydrogens (primary N) is 1. The van der Waals surface area contributed by atoms with E-state index in [-0.39, 0.29) is 0 Å². The van der Waals surface area contributed by atoms with Crippen LogP contribution in [0.1, 0.15) is 30.5 Å². The van der Waals surface area contributed by atoms with Gasteiger partial charge in [0.25, 0.3) is 0 Å². The Bertz CT molecular complexity index is 426. The molecule has 0 saturated carbocycles. The van der Waals surface area contributed by atoms with Crippen molar-refractivity contribution in [3.05, 3.63) is 46.0 Å². The van der Waals surface area contributed by atoms with Crippen molar-refractivity contribution in [2.75, 3.05) is 0 Å². The molecule has 0 aliphatic rings. The molecule has 5 heteroatoms. The van der Waals surface area contributed by atoms with E-state index >= 15 is 0 Å². The first-order valence-electron chi connectivity index (χ1n) is 4.98. The minimum atomic E-state index is -4.35. The predicted molar refractivity (Wildman–Crippen MR) is 65.5 cm³/mol. The molecule has 1 nitrogen and oxygen atoms in total.